The molecule has 0 bridgehead atoms. The first-order valence-corrected chi connectivity index (χ1v) is 12.1. The Morgan fingerprint density at radius 3 is 2.49 bits per heavy atom. The van der Waals surface area contributed by atoms with Gasteiger partial charge in [-0.15, -0.1) is 0 Å². The van der Waals surface area contributed by atoms with Gasteiger partial charge in [0.15, 0.2) is 11.4 Å². The minimum atomic E-state index is -2.65. The normalized spacial score (nSPS) is 25.6. The van der Waals surface area contributed by atoms with E-state index in [0.29, 0.717) is 13.1 Å². The summed E-state index contributed by atoms with van der Waals surface area (Å²) in [6.07, 6.45) is -0.547. The summed E-state index contributed by atoms with van der Waals surface area (Å²) in [6, 6.07) is 1.18. The average Bonchev–Trinajstić information content (AvgIpc) is 2.78. The smallest absolute Gasteiger partial charge is 0.255 e. The van der Waals surface area contributed by atoms with Gasteiger partial charge in [0, 0.05) is 54.2 Å². The first-order valence-electron chi connectivity index (χ1n) is 12.1. The maximum atomic E-state index is 15.2. The number of phenolic OH excluding ortho intramolecular Hbond substituents is 1. The number of aliphatic hydroxyl groups excluding tert-OH is 2. The molecule has 3 aliphatic carbocycles. The van der Waals surface area contributed by atoms with E-state index in [-0.39, 0.29) is 47.2 Å². The lowest BCUT2D eigenvalue weighted by Gasteiger charge is -2.46. The Balaban J connectivity index is 1.71. The number of carbonyl (C=O) groups is 3. The molecule has 1 unspecified atom stereocenters. The summed E-state index contributed by atoms with van der Waals surface area (Å²) >= 11 is 0. The Morgan fingerprint density at radius 1 is 1.19 bits per heavy atom. The van der Waals surface area contributed by atoms with Crippen molar-refractivity contribution in [1.82, 2.24) is 10.6 Å². The first-order chi connectivity index (χ1) is 17.2. The van der Waals surface area contributed by atoms with E-state index in [0.717, 1.165) is 0 Å². The highest BCUT2D eigenvalue weighted by Crippen LogP contribution is 2.52. The van der Waals surface area contributed by atoms with Gasteiger partial charge in [-0.25, -0.2) is 4.39 Å². The Labute approximate surface area is 213 Å². The number of aromatic hydroxyl groups is 1. The van der Waals surface area contributed by atoms with Crippen LogP contribution in [0.3, 0.4) is 0 Å². The number of nitrogens with two attached hydrogens (primary N) is 1. The lowest BCUT2D eigenvalue weighted by molar-refractivity contribution is -0.147. The molecule has 0 spiro atoms. The van der Waals surface area contributed by atoms with Crippen LogP contribution in [0, 0.1) is 17.7 Å². The zero-order valence-electron chi connectivity index (χ0n) is 20.9. The fourth-order valence-electron chi connectivity index (χ4n) is 5.58. The summed E-state index contributed by atoms with van der Waals surface area (Å²) in [7, 11) is 0. The number of hydrogen-bond acceptors (Lipinski definition) is 9. The number of benzene rings is 1. The Bertz CT molecular complexity index is 1260. The van der Waals surface area contributed by atoms with Crippen molar-refractivity contribution in [3.8, 4) is 5.75 Å². The van der Waals surface area contributed by atoms with Crippen LogP contribution in [0.1, 0.15) is 50.3 Å². The van der Waals surface area contributed by atoms with Gasteiger partial charge in [-0.2, -0.15) is 0 Å². The molecule has 0 radical (unpaired) electrons. The van der Waals surface area contributed by atoms with E-state index >= 15 is 4.39 Å². The van der Waals surface area contributed by atoms with Crippen molar-refractivity contribution in [3.63, 3.8) is 0 Å². The number of hydrogen-bond donors (Lipinski definition) is 7. The third-order valence-electron chi connectivity index (χ3n) is 7.36. The van der Waals surface area contributed by atoms with Crippen molar-refractivity contribution in [2.24, 2.45) is 17.6 Å². The van der Waals surface area contributed by atoms with Crippen LogP contribution in [0.25, 0.3) is 5.76 Å². The number of aliphatic hydroxyl groups is 3. The molecule has 10 nitrogen and oxygen atoms in total. The standard InChI is InChI=1S/C26H32FN3O7/c1-25(2,3)30-5-4-29-10-12-8-15(27)14-7-11-6-13-9-16(31)19(24(28)36)23(35)26(13,37)22(34)17(11)21(33)18(14)20(12)32/h8,11,13,29-30,32-33,35,37H,4-7,9-10H2,1-3H3,(H2,28,36)/t11?,13-,26-/m0/s1. The van der Waals surface area contributed by atoms with Crippen LogP contribution in [0.2, 0.25) is 0 Å². The molecule has 1 aromatic rings. The number of ketones is 2. The summed E-state index contributed by atoms with van der Waals surface area (Å²) in [5.74, 6) is -8.01. The summed E-state index contributed by atoms with van der Waals surface area (Å²) in [5, 5.41) is 50.3. The van der Waals surface area contributed by atoms with Crippen LogP contribution in [-0.4, -0.2) is 62.1 Å². The first kappa shape index (κ1) is 26.8. The molecule has 1 saturated carbocycles. The summed E-state index contributed by atoms with van der Waals surface area (Å²) in [4.78, 5) is 37.6. The van der Waals surface area contributed by atoms with E-state index in [1.54, 1.807) is 0 Å². The van der Waals surface area contributed by atoms with E-state index in [2.05, 4.69) is 10.6 Å². The molecule has 200 valence electrons. The second-order valence-electron chi connectivity index (χ2n) is 11.0. The quantitative estimate of drug-likeness (QED) is 0.214. The van der Waals surface area contributed by atoms with Gasteiger partial charge in [-0.1, -0.05) is 0 Å². The number of primary amides is 1. The molecule has 0 saturated heterocycles. The highest BCUT2D eigenvalue weighted by molar-refractivity contribution is 6.22. The summed E-state index contributed by atoms with van der Waals surface area (Å²) in [6.45, 7) is 7.27. The number of halogens is 1. The van der Waals surface area contributed by atoms with E-state index in [1.807, 2.05) is 20.8 Å². The molecular formula is C26H32FN3O7. The minimum absolute atomic E-state index is 0.0138. The molecule has 4 rings (SSSR count). The molecule has 3 aliphatic rings. The zero-order valence-corrected chi connectivity index (χ0v) is 20.9. The fraction of sp³-hybridized carbons (Fsp3) is 0.500. The number of amides is 1. The highest BCUT2D eigenvalue weighted by Gasteiger charge is 2.60. The van der Waals surface area contributed by atoms with Crippen molar-refractivity contribution in [1.29, 1.82) is 0 Å². The van der Waals surface area contributed by atoms with Gasteiger partial charge in [-0.3, -0.25) is 14.4 Å². The van der Waals surface area contributed by atoms with Gasteiger partial charge in [0.2, 0.25) is 5.78 Å². The Kier molecular flexibility index (Phi) is 6.68. The molecule has 1 amide bonds. The van der Waals surface area contributed by atoms with Gasteiger partial charge in [0.1, 0.15) is 28.7 Å². The van der Waals surface area contributed by atoms with Crippen molar-refractivity contribution in [3.05, 3.63) is 45.5 Å². The van der Waals surface area contributed by atoms with E-state index in [4.69, 9.17) is 5.73 Å². The molecule has 1 aromatic carbocycles. The van der Waals surface area contributed by atoms with Crippen molar-refractivity contribution >= 4 is 23.2 Å². The molecule has 11 heteroatoms. The van der Waals surface area contributed by atoms with Gasteiger partial charge in [0.25, 0.3) is 5.91 Å². The van der Waals surface area contributed by atoms with Crippen LogP contribution in [0.4, 0.5) is 4.39 Å². The molecule has 37 heavy (non-hydrogen) atoms. The predicted octanol–water partition coefficient (Wildman–Crippen LogP) is 1.04. The molecular weight excluding hydrogens is 485 g/mol. The van der Waals surface area contributed by atoms with E-state index in [9.17, 15) is 34.8 Å². The van der Waals surface area contributed by atoms with Crippen LogP contribution in [-0.2, 0) is 27.3 Å². The van der Waals surface area contributed by atoms with E-state index in [1.165, 1.54) is 6.07 Å². The maximum absolute atomic E-state index is 15.2. The number of nitrogens with one attached hydrogen (secondary N) is 2. The topological polar surface area (TPSA) is 182 Å². The fourth-order valence-corrected chi connectivity index (χ4v) is 5.58. The summed E-state index contributed by atoms with van der Waals surface area (Å²) < 4.78 is 15.2. The Hall–Kier alpha value is -3.28. The van der Waals surface area contributed by atoms with Crippen molar-refractivity contribution in [2.45, 2.75) is 57.7 Å². The maximum Gasteiger partial charge on any atom is 0.255 e. The highest BCUT2D eigenvalue weighted by atomic mass is 19.1. The lowest BCUT2D eigenvalue weighted by atomic mass is 9.59. The number of fused-ring (bicyclic) bond motifs is 3. The average molecular weight is 518 g/mol. The molecule has 1 fully saturated rings. The van der Waals surface area contributed by atoms with Crippen LogP contribution in [0.15, 0.2) is 23.0 Å². The lowest BCUT2D eigenvalue weighted by Crippen LogP contribution is -2.58. The van der Waals surface area contributed by atoms with Gasteiger partial charge in [0.05, 0.1) is 5.56 Å². The molecule has 0 aliphatic heterocycles. The predicted molar refractivity (Wildman–Crippen MR) is 131 cm³/mol. The number of rotatable bonds is 6. The second-order valence-corrected chi connectivity index (χ2v) is 11.0. The van der Waals surface area contributed by atoms with Gasteiger partial charge in [-0.05, 0) is 45.6 Å². The van der Waals surface area contributed by atoms with Crippen molar-refractivity contribution in [2.75, 3.05) is 13.1 Å². The molecule has 8 N–H and O–H groups in total. The monoisotopic (exact) mass is 517 g/mol. The molecule has 0 heterocycles. The van der Waals surface area contributed by atoms with E-state index < -0.39 is 70.0 Å². The van der Waals surface area contributed by atoms with Crippen LogP contribution >= 0.6 is 0 Å². The zero-order chi connectivity index (χ0) is 27.4. The third-order valence-corrected chi connectivity index (χ3v) is 7.36. The minimum Gasteiger partial charge on any atom is -0.508 e. The van der Waals surface area contributed by atoms with Gasteiger partial charge >= 0.3 is 0 Å². The van der Waals surface area contributed by atoms with Crippen LogP contribution < -0.4 is 16.4 Å². The van der Waals surface area contributed by atoms with Gasteiger partial charge < -0.3 is 36.8 Å². The summed E-state index contributed by atoms with van der Waals surface area (Å²) in [5.41, 5.74) is 1.22. The largest absolute Gasteiger partial charge is 0.508 e. The number of phenols is 1. The Morgan fingerprint density at radius 2 is 1.86 bits per heavy atom. The number of carbonyl (C=O) groups excluding carboxylic acids is 3. The van der Waals surface area contributed by atoms with Crippen molar-refractivity contribution < 1.29 is 39.2 Å². The van der Waals surface area contributed by atoms with Crippen LogP contribution in [0.5, 0.6) is 5.75 Å². The molecule has 3 atom stereocenters. The number of Topliss-reactive ketones (excluding diaryl/α,β-unsaturated/α-hetero) is 2. The SMILES string of the molecule is CC(C)(C)NCCNCc1cc(F)c2c(c1O)C(O)=C1C(=O)[C@]3(O)C(O)=C(C(N)=O)C(=O)C[C@@H]3CC1C2. The third kappa shape index (κ3) is 4.41. The second kappa shape index (κ2) is 9.23. The molecule has 0 aromatic heterocycles.